The Morgan fingerprint density at radius 1 is 0.914 bits per heavy atom. The van der Waals surface area contributed by atoms with Crippen LogP contribution in [0.3, 0.4) is 0 Å². The number of Topliss-reactive ketones (excluding diaryl/α,β-unsaturated/α-hetero) is 1. The van der Waals surface area contributed by atoms with Gasteiger partial charge in [-0.2, -0.15) is 0 Å². The van der Waals surface area contributed by atoms with Crippen LogP contribution in [0.2, 0.25) is 0 Å². The van der Waals surface area contributed by atoms with Gasteiger partial charge < -0.3 is 19.9 Å². The lowest BCUT2D eigenvalue weighted by Gasteiger charge is -2.40. The maximum atomic E-state index is 13.8. The van der Waals surface area contributed by atoms with Crippen LogP contribution in [0, 0.1) is 0 Å². The highest BCUT2D eigenvalue weighted by Gasteiger charge is 2.52. The molecule has 2 amide bonds. The predicted molar refractivity (Wildman–Crippen MR) is 131 cm³/mol. The number of nitrogens with zero attached hydrogens (tertiary/aromatic N) is 3. The number of fused-ring (bicyclic) bond motifs is 1. The van der Waals surface area contributed by atoms with Crippen molar-refractivity contribution in [1.29, 1.82) is 0 Å². The van der Waals surface area contributed by atoms with Crippen molar-refractivity contribution in [2.24, 2.45) is 0 Å². The topological polar surface area (TPSA) is 82.2 Å². The molecular weight excluding hydrogens is 444 g/mol. The molecule has 0 unspecified atom stereocenters. The summed E-state index contributed by atoms with van der Waals surface area (Å²) in [6.07, 6.45) is 7.25. The van der Waals surface area contributed by atoms with E-state index in [-0.39, 0.29) is 30.3 Å². The number of hydrogen-bond donors (Lipinski definition) is 1. The van der Waals surface area contributed by atoms with Gasteiger partial charge >= 0.3 is 0 Å². The van der Waals surface area contributed by atoms with Crippen LogP contribution >= 0.6 is 0 Å². The molecule has 2 saturated carbocycles. The molecule has 0 spiro atoms. The lowest BCUT2D eigenvalue weighted by atomic mass is 9.80. The first-order chi connectivity index (χ1) is 17.0. The van der Waals surface area contributed by atoms with E-state index in [1.165, 1.54) is 12.8 Å². The van der Waals surface area contributed by atoms with E-state index in [0.717, 1.165) is 57.2 Å². The van der Waals surface area contributed by atoms with Crippen LogP contribution in [-0.2, 0) is 14.3 Å². The van der Waals surface area contributed by atoms with Crippen LogP contribution in [0.1, 0.15) is 61.7 Å². The summed E-state index contributed by atoms with van der Waals surface area (Å²) in [5.74, 6) is -0.344. The number of anilines is 1. The van der Waals surface area contributed by atoms with Gasteiger partial charge in [-0.05, 0) is 56.4 Å². The molecule has 188 valence electrons. The highest BCUT2D eigenvalue weighted by molar-refractivity contribution is 6.01. The van der Waals surface area contributed by atoms with Gasteiger partial charge in [0, 0.05) is 50.0 Å². The quantitative estimate of drug-likeness (QED) is 0.694. The summed E-state index contributed by atoms with van der Waals surface area (Å²) < 4.78 is 5.58. The number of ketones is 1. The fourth-order valence-corrected chi connectivity index (χ4v) is 6.54. The van der Waals surface area contributed by atoms with E-state index in [4.69, 9.17) is 4.74 Å². The molecule has 0 bridgehead atoms. The van der Waals surface area contributed by atoms with Gasteiger partial charge in [-0.3, -0.25) is 19.3 Å². The monoisotopic (exact) mass is 480 g/mol. The summed E-state index contributed by atoms with van der Waals surface area (Å²) in [7, 11) is 0. The molecule has 1 aromatic carbocycles. The van der Waals surface area contributed by atoms with Crippen LogP contribution < -0.4 is 10.2 Å². The van der Waals surface area contributed by atoms with Crippen LogP contribution in [0.4, 0.5) is 5.69 Å². The third kappa shape index (κ3) is 4.35. The summed E-state index contributed by atoms with van der Waals surface area (Å²) in [6, 6.07) is 8.12. The molecule has 1 aromatic rings. The van der Waals surface area contributed by atoms with E-state index >= 15 is 0 Å². The Labute approximate surface area is 206 Å². The van der Waals surface area contributed by atoms with Gasteiger partial charge in [0.15, 0.2) is 5.78 Å². The Balaban J connectivity index is 1.14. The average molecular weight is 481 g/mol. The number of benzene rings is 1. The van der Waals surface area contributed by atoms with Crippen molar-refractivity contribution in [2.45, 2.75) is 75.1 Å². The first kappa shape index (κ1) is 23.0. The van der Waals surface area contributed by atoms with Crippen molar-refractivity contribution in [2.75, 3.05) is 44.2 Å². The van der Waals surface area contributed by atoms with Gasteiger partial charge in [0.05, 0.1) is 6.10 Å². The summed E-state index contributed by atoms with van der Waals surface area (Å²) in [6.45, 7) is 4.83. The minimum Gasteiger partial charge on any atom is -0.369 e. The standard InChI is InChI=1S/C27H36N4O4/c32-22-18-35-23-10-13-31(24(22)23)26(34)27(11-2-1-3-12-27)28-25(33)19-4-6-20(7-5-19)29-14-16-30(17-15-29)21-8-9-21/h4-7,21,23-24H,1-3,8-18H2,(H,28,33)/t23-,24-/m1/s1. The molecule has 0 radical (unpaired) electrons. The average Bonchev–Trinajstić information content (AvgIpc) is 3.56. The number of nitrogens with one attached hydrogen (secondary N) is 1. The van der Waals surface area contributed by atoms with Gasteiger partial charge in [0.25, 0.3) is 5.91 Å². The van der Waals surface area contributed by atoms with Gasteiger partial charge in [0.2, 0.25) is 5.91 Å². The van der Waals surface area contributed by atoms with Gasteiger partial charge in [0.1, 0.15) is 18.2 Å². The highest BCUT2D eigenvalue weighted by Crippen LogP contribution is 2.35. The second kappa shape index (κ2) is 9.21. The molecule has 1 N–H and O–H groups in total. The lowest BCUT2D eigenvalue weighted by Crippen LogP contribution is -2.62. The number of ether oxygens (including phenoxy) is 1. The second-order valence-electron chi connectivity index (χ2n) is 10.9. The minimum absolute atomic E-state index is 0.0216. The molecule has 2 aliphatic carbocycles. The van der Waals surface area contributed by atoms with Crippen molar-refractivity contribution in [3.8, 4) is 0 Å². The molecule has 5 aliphatic rings. The molecule has 0 aromatic heterocycles. The van der Waals surface area contributed by atoms with Crippen molar-refractivity contribution < 1.29 is 19.1 Å². The molecule has 6 rings (SSSR count). The van der Waals surface area contributed by atoms with Crippen molar-refractivity contribution in [3.05, 3.63) is 29.8 Å². The van der Waals surface area contributed by atoms with Crippen LogP contribution in [-0.4, -0.2) is 90.5 Å². The summed E-state index contributed by atoms with van der Waals surface area (Å²) in [4.78, 5) is 46.2. The predicted octanol–water partition coefficient (Wildman–Crippen LogP) is 1.97. The van der Waals surface area contributed by atoms with E-state index in [0.29, 0.717) is 31.4 Å². The van der Waals surface area contributed by atoms with E-state index < -0.39 is 11.6 Å². The molecule has 2 atom stereocenters. The Hall–Kier alpha value is -2.45. The highest BCUT2D eigenvalue weighted by atomic mass is 16.5. The summed E-state index contributed by atoms with van der Waals surface area (Å²) in [5, 5.41) is 3.14. The molecule has 8 nitrogen and oxygen atoms in total. The molecular formula is C27H36N4O4. The van der Waals surface area contributed by atoms with Crippen molar-refractivity contribution in [3.63, 3.8) is 0 Å². The second-order valence-corrected chi connectivity index (χ2v) is 10.9. The number of rotatable bonds is 5. The van der Waals surface area contributed by atoms with Crippen molar-refractivity contribution in [1.82, 2.24) is 15.1 Å². The number of carbonyl (C=O) groups excluding carboxylic acids is 3. The molecule has 3 aliphatic heterocycles. The number of piperazine rings is 1. The van der Waals surface area contributed by atoms with Crippen LogP contribution in [0.5, 0.6) is 0 Å². The number of likely N-dealkylation sites (tertiary alicyclic amines) is 1. The molecule has 3 saturated heterocycles. The van der Waals surface area contributed by atoms with Crippen LogP contribution in [0.15, 0.2) is 24.3 Å². The fourth-order valence-electron chi connectivity index (χ4n) is 6.54. The zero-order chi connectivity index (χ0) is 24.0. The van der Waals surface area contributed by atoms with E-state index in [9.17, 15) is 14.4 Å². The normalized spacial score (nSPS) is 28.7. The Morgan fingerprint density at radius 3 is 2.31 bits per heavy atom. The maximum Gasteiger partial charge on any atom is 0.252 e. The Kier molecular flexibility index (Phi) is 6.05. The largest absolute Gasteiger partial charge is 0.369 e. The van der Waals surface area contributed by atoms with Gasteiger partial charge in [-0.1, -0.05) is 19.3 Å². The number of carbonyl (C=O) groups is 3. The zero-order valence-corrected chi connectivity index (χ0v) is 20.4. The maximum absolute atomic E-state index is 13.8. The van der Waals surface area contributed by atoms with Crippen molar-refractivity contribution >= 4 is 23.3 Å². The molecule has 5 fully saturated rings. The summed E-state index contributed by atoms with van der Waals surface area (Å²) >= 11 is 0. The van der Waals surface area contributed by atoms with E-state index in [1.807, 2.05) is 24.3 Å². The van der Waals surface area contributed by atoms with E-state index in [2.05, 4.69) is 15.1 Å². The SMILES string of the molecule is O=C(NC1(C(=O)N2CC[C@H]3OCC(=O)[C@H]32)CCCCC1)c1ccc(N2CCN(C3CC3)CC2)cc1. The fraction of sp³-hybridized carbons (Fsp3) is 0.667. The lowest BCUT2D eigenvalue weighted by molar-refractivity contribution is -0.143. The number of hydrogen-bond acceptors (Lipinski definition) is 6. The molecule has 8 heteroatoms. The summed E-state index contributed by atoms with van der Waals surface area (Å²) in [5.41, 5.74) is 0.774. The molecule has 35 heavy (non-hydrogen) atoms. The van der Waals surface area contributed by atoms with Gasteiger partial charge in [-0.15, -0.1) is 0 Å². The first-order valence-corrected chi connectivity index (χ1v) is 13.4. The van der Waals surface area contributed by atoms with Gasteiger partial charge in [-0.25, -0.2) is 0 Å². The van der Waals surface area contributed by atoms with E-state index in [1.54, 1.807) is 4.90 Å². The Morgan fingerprint density at radius 2 is 1.63 bits per heavy atom. The smallest absolute Gasteiger partial charge is 0.252 e. The minimum atomic E-state index is -0.940. The third-order valence-electron chi connectivity index (χ3n) is 8.71. The Bertz CT molecular complexity index is 977. The first-order valence-electron chi connectivity index (χ1n) is 13.4. The molecule has 3 heterocycles. The zero-order valence-electron chi connectivity index (χ0n) is 20.4. The van der Waals surface area contributed by atoms with Crippen LogP contribution in [0.25, 0.3) is 0 Å². The number of amides is 2. The third-order valence-corrected chi connectivity index (χ3v) is 8.71.